The highest BCUT2D eigenvalue weighted by atomic mass is 16.5. The SMILES string of the molecule is CC1OCCC1(O)CNCc1cccn1C. The van der Waals surface area contributed by atoms with Crippen molar-refractivity contribution in [3.05, 3.63) is 24.0 Å². The zero-order valence-corrected chi connectivity index (χ0v) is 9.94. The van der Waals surface area contributed by atoms with E-state index in [1.165, 1.54) is 5.69 Å². The Hall–Kier alpha value is -0.840. The summed E-state index contributed by atoms with van der Waals surface area (Å²) in [5.41, 5.74) is 0.515. The molecule has 0 aliphatic carbocycles. The Kier molecular flexibility index (Phi) is 3.33. The van der Waals surface area contributed by atoms with Crippen LogP contribution in [0.1, 0.15) is 19.0 Å². The molecular weight excluding hydrogens is 204 g/mol. The van der Waals surface area contributed by atoms with Gasteiger partial charge in [0.05, 0.1) is 6.10 Å². The summed E-state index contributed by atoms with van der Waals surface area (Å²) >= 11 is 0. The van der Waals surface area contributed by atoms with Crippen LogP contribution in [0.3, 0.4) is 0 Å². The van der Waals surface area contributed by atoms with E-state index in [-0.39, 0.29) is 6.10 Å². The Morgan fingerprint density at radius 1 is 1.69 bits per heavy atom. The van der Waals surface area contributed by atoms with Gasteiger partial charge in [-0.05, 0) is 19.1 Å². The number of aryl methyl sites for hydroxylation is 1. The molecule has 0 radical (unpaired) electrons. The summed E-state index contributed by atoms with van der Waals surface area (Å²) in [5, 5.41) is 13.6. The molecule has 2 atom stereocenters. The molecule has 1 saturated heterocycles. The number of nitrogens with zero attached hydrogens (tertiary/aromatic N) is 1. The van der Waals surface area contributed by atoms with E-state index < -0.39 is 5.60 Å². The van der Waals surface area contributed by atoms with Crippen molar-refractivity contribution in [2.24, 2.45) is 7.05 Å². The van der Waals surface area contributed by atoms with Gasteiger partial charge in [0.1, 0.15) is 5.60 Å². The minimum absolute atomic E-state index is 0.0755. The average molecular weight is 224 g/mol. The fourth-order valence-electron chi connectivity index (χ4n) is 2.09. The third-order valence-electron chi connectivity index (χ3n) is 3.45. The fourth-order valence-corrected chi connectivity index (χ4v) is 2.09. The van der Waals surface area contributed by atoms with E-state index in [9.17, 15) is 5.11 Å². The van der Waals surface area contributed by atoms with Crippen LogP contribution in [-0.2, 0) is 18.3 Å². The highest BCUT2D eigenvalue weighted by molar-refractivity contribution is 5.06. The molecule has 2 N–H and O–H groups in total. The molecule has 0 amide bonds. The summed E-state index contributed by atoms with van der Waals surface area (Å²) in [6, 6.07) is 4.10. The van der Waals surface area contributed by atoms with Crippen LogP contribution in [-0.4, -0.2) is 34.5 Å². The monoisotopic (exact) mass is 224 g/mol. The molecule has 1 aromatic rings. The molecule has 0 saturated carbocycles. The Balaban J connectivity index is 1.82. The normalized spacial score (nSPS) is 29.8. The van der Waals surface area contributed by atoms with Crippen molar-refractivity contribution in [2.75, 3.05) is 13.2 Å². The molecule has 2 unspecified atom stereocenters. The first-order valence-corrected chi connectivity index (χ1v) is 5.77. The average Bonchev–Trinajstić information content (AvgIpc) is 2.77. The number of hydrogen-bond donors (Lipinski definition) is 2. The second-order valence-corrected chi connectivity index (χ2v) is 4.58. The number of ether oxygens (including phenoxy) is 1. The summed E-state index contributed by atoms with van der Waals surface area (Å²) in [5.74, 6) is 0. The van der Waals surface area contributed by atoms with Gasteiger partial charge in [0.2, 0.25) is 0 Å². The lowest BCUT2D eigenvalue weighted by atomic mass is 9.97. The van der Waals surface area contributed by atoms with Gasteiger partial charge >= 0.3 is 0 Å². The van der Waals surface area contributed by atoms with Crippen LogP contribution in [0, 0.1) is 0 Å². The van der Waals surface area contributed by atoms with Gasteiger partial charge in [0.25, 0.3) is 0 Å². The smallest absolute Gasteiger partial charge is 0.105 e. The maximum absolute atomic E-state index is 10.3. The zero-order valence-electron chi connectivity index (χ0n) is 9.94. The minimum Gasteiger partial charge on any atom is -0.386 e. The van der Waals surface area contributed by atoms with E-state index in [1.807, 2.05) is 26.2 Å². The van der Waals surface area contributed by atoms with Crippen molar-refractivity contribution in [1.82, 2.24) is 9.88 Å². The molecule has 4 nitrogen and oxygen atoms in total. The molecule has 90 valence electrons. The molecule has 1 aliphatic heterocycles. The van der Waals surface area contributed by atoms with Gasteiger partial charge in [0, 0.05) is 45.1 Å². The molecule has 16 heavy (non-hydrogen) atoms. The second kappa shape index (κ2) is 4.57. The predicted molar refractivity (Wildman–Crippen MR) is 62.1 cm³/mol. The highest BCUT2D eigenvalue weighted by Gasteiger charge is 2.38. The van der Waals surface area contributed by atoms with E-state index in [0.29, 0.717) is 19.6 Å². The highest BCUT2D eigenvalue weighted by Crippen LogP contribution is 2.24. The van der Waals surface area contributed by atoms with Crippen LogP contribution in [0.2, 0.25) is 0 Å². The van der Waals surface area contributed by atoms with E-state index in [1.54, 1.807) is 0 Å². The maximum Gasteiger partial charge on any atom is 0.105 e. The first-order chi connectivity index (χ1) is 7.62. The number of rotatable bonds is 4. The molecule has 1 aliphatic rings. The van der Waals surface area contributed by atoms with Crippen molar-refractivity contribution >= 4 is 0 Å². The first-order valence-electron chi connectivity index (χ1n) is 5.77. The molecule has 0 spiro atoms. The van der Waals surface area contributed by atoms with Gasteiger partial charge in [-0.15, -0.1) is 0 Å². The lowest BCUT2D eigenvalue weighted by molar-refractivity contribution is -0.0263. The molecule has 2 heterocycles. The Labute approximate surface area is 96.2 Å². The van der Waals surface area contributed by atoms with Gasteiger partial charge in [0.15, 0.2) is 0 Å². The summed E-state index contributed by atoms with van der Waals surface area (Å²) in [4.78, 5) is 0. The summed E-state index contributed by atoms with van der Waals surface area (Å²) < 4.78 is 7.46. The summed E-state index contributed by atoms with van der Waals surface area (Å²) in [6.07, 6.45) is 2.66. The predicted octanol–water partition coefficient (Wildman–Crippen LogP) is 0.655. The van der Waals surface area contributed by atoms with Crippen LogP contribution in [0.25, 0.3) is 0 Å². The van der Waals surface area contributed by atoms with E-state index in [4.69, 9.17) is 4.74 Å². The molecule has 4 heteroatoms. The molecule has 0 bridgehead atoms. The van der Waals surface area contributed by atoms with Crippen LogP contribution in [0.5, 0.6) is 0 Å². The minimum atomic E-state index is -0.703. The third-order valence-corrected chi connectivity index (χ3v) is 3.45. The van der Waals surface area contributed by atoms with Crippen molar-refractivity contribution in [1.29, 1.82) is 0 Å². The second-order valence-electron chi connectivity index (χ2n) is 4.58. The zero-order chi connectivity index (χ0) is 11.6. The number of aliphatic hydroxyl groups is 1. The molecular formula is C12H20N2O2. The summed E-state index contributed by atoms with van der Waals surface area (Å²) in [7, 11) is 2.02. The topological polar surface area (TPSA) is 46.4 Å². The number of nitrogens with one attached hydrogen (secondary N) is 1. The van der Waals surface area contributed by atoms with Gasteiger partial charge in [-0.25, -0.2) is 0 Å². The number of aromatic nitrogens is 1. The van der Waals surface area contributed by atoms with Crippen molar-refractivity contribution < 1.29 is 9.84 Å². The van der Waals surface area contributed by atoms with E-state index in [2.05, 4.69) is 16.0 Å². The lowest BCUT2D eigenvalue weighted by Gasteiger charge is -2.26. The maximum atomic E-state index is 10.3. The summed E-state index contributed by atoms with van der Waals surface area (Å²) in [6.45, 7) is 3.94. The largest absolute Gasteiger partial charge is 0.386 e. The van der Waals surface area contributed by atoms with Crippen molar-refractivity contribution in [2.45, 2.75) is 31.6 Å². The number of hydrogen-bond acceptors (Lipinski definition) is 3. The van der Waals surface area contributed by atoms with Crippen LogP contribution in [0.4, 0.5) is 0 Å². The van der Waals surface area contributed by atoms with Crippen LogP contribution in [0.15, 0.2) is 18.3 Å². The quantitative estimate of drug-likeness (QED) is 0.789. The molecule has 2 rings (SSSR count). The Morgan fingerprint density at radius 3 is 3.06 bits per heavy atom. The van der Waals surface area contributed by atoms with Gasteiger partial charge in [-0.3, -0.25) is 0 Å². The van der Waals surface area contributed by atoms with Crippen LogP contribution < -0.4 is 5.32 Å². The third kappa shape index (κ3) is 2.29. The van der Waals surface area contributed by atoms with Crippen molar-refractivity contribution in [3.8, 4) is 0 Å². The first kappa shape index (κ1) is 11.6. The van der Waals surface area contributed by atoms with Crippen molar-refractivity contribution in [3.63, 3.8) is 0 Å². The van der Waals surface area contributed by atoms with Gasteiger partial charge in [-0.2, -0.15) is 0 Å². The Morgan fingerprint density at radius 2 is 2.50 bits per heavy atom. The fraction of sp³-hybridized carbons (Fsp3) is 0.667. The van der Waals surface area contributed by atoms with Gasteiger partial charge < -0.3 is 19.7 Å². The van der Waals surface area contributed by atoms with Crippen LogP contribution >= 0.6 is 0 Å². The molecule has 1 fully saturated rings. The standard InChI is InChI=1S/C12H20N2O2/c1-10-12(15,5-7-16-10)9-13-8-11-4-3-6-14(11)2/h3-4,6,10,13,15H,5,7-9H2,1-2H3. The van der Waals surface area contributed by atoms with E-state index in [0.717, 1.165) is 6.54 Å². The molecule has 1 aromatic heterocycles. The molecule has 0 aromatic carbocycles. The van der Waals surface area contributed by atoms with E-state index >= 15 is 0 Å². The van der Waals surface area contributed by atoms with Gasteiger partial charge in [-0.1, -0.05) is 0 Å². The Bertz CT molecular complexity index is 351. The lowest BCUT2D eigenvalue weighted by Crippen LogP contribution is -2.45.